The summed E-state index contributed by atoms with van der Waals surface area (Å²) in [7, 11) is 1.64. The normalized spacial score (nSPS) is 10.9. The molecule has 0 atom stereocenters. The van der Waals surface area contributed by atoms with Gasteiger partial charge in [-0.1, -0.05) is 43.8 Å². The average molecular weight is 397 g/mol. The minimum Gasteiger partial charge on any atom is -0.497 e. The Labute approximate surface area is 169 Å². The molecule has 1 heterocycles. The predicted octanol–water partition coefficient (Wildman–Crippen LogP) is 4.44. The maximum absolute atomic E-state index is 12.5. The van der Waals surface area contributed by atoms with E-state index in [-0.39, 0.29) is 11.7 Å². The lowest BCUT2D eigenvalue weighted by atomic mass is 10.0. The number of carbonyl (C=O) groups is 1. The SMILES string of the molecule is COc1ccc(-n2c(C)nnc2SCC(=O)Nc2ccccc2C(C)C)cc1. The van der Waals surface area contributed by atoms with Crippen molar-refractivity contribution in [2.24, 2.45) is 0 Å². The third-order valence-electron chi connectivity index (χ3n) is 4.32. The molecule has 2 aromatic carbocycles. The number of nitrogens with one attached hydrogen (secondary N) is 1. The molecule has 3 aromatic rings. The molecule has 0 saturated heterocycles. The van der Waals surface area contributed by atoms with Crippen molar-refractivity contribution in [2.75, 3.05) is 18.2 Å². The first-order chi connectivity index (χ1) is 13.5. The van der Waals surface area contributed by atoms with Crippen LogP contribution >= 0.6 is 11.8 Å². The van der Waals surface area contributed by atoms with Gasteiger partial charge < -0.3 is 10.1 Å². The number of rotatable bonds is 7. The molecule has 1 amide bonds. The Morgan fingerprint density at radius 1 is 1.14 bits per heavy atom. The Balaban J connectivity index is 1.71. The molecule has 1 N–H and O–H groups in total. The van der Waals surface area contributed by atoms with Crippen LogP contribution in [-0.4, -0.2) is 33.5 Å². The van der Waals surface area contributed by atoms with Crippen LogP contribution in [-0.2, 0) is 4.79 Å². The molecule has 1 aromatic heterocycles. The van der Waals surface area contributed by atoms with E-state index in [1.54, 1.807) is 7.11 Å². The fourth-order valence-electron chi connectivity index (χ4n) is 2.90. The molecule has 146 valence electrons. The number of methoxy groups -OCH3 is 1. The second-order valence-corrected chi connectivity index (χ2v) is 7.58. The number of para-hydroxylation sites is 1. The largest absolute Gasteiger partial charge is 0.497 e. The lowest BCUT2D eigenvalue weighted by molar-refractivity contribution is -0.113. The molecule has 3 rings (SSSR count). The summed E-state index contributed by atoms with van der Waals surface area (Å²) in [4.78, 5) is 12.5. The van der Waals surface area contributed by atoms with Crippen molar-refractivity contribution < 1.29 is 9.53 Å². The molecule has 0 unspecified atom stereocenters. The van der Waals surface area contributed by atoms with Gasteiger partial charge in [-0.2, -0.15) is 0 Å². The van der Waals surface area contributed by atoms with Gasteiger partial charge in [-0.25, -0.2) is 0 Å². The van der Waals surface area contributed by atoms with Gasteiger partial charge in [0.15, 0.2) is 5.16 Å². The molecule has 0 aliphatic heterocycles. The van der Waals surface area contributed by atoms with Crippen molar-refractivity contribution in [1.82, 2.24) is 14.8 Å². The zero-order valence-corrected chi connectivity index (χ0v) is 17.3. The fourth-order valence-corrected chi connectivity index (χ4v) is 3.69. The van der Waals surface area contributed by atoms with Crippen LogP contribution in [0.5, 0.6) is 5.75 Å². The van der Waals surface area contributed by atoms with Gasteiger partial charge >= 0.3 is 0 Å². The molecule has 0 bridgehead atoms. The van der Waals surface area contributed by atoms with E-state index in [1.165, 1.54) is 11.8 Å². The van der Waals surface area contributed by atoms with Crippen LogP contribution in [0.4, 0.5) is 5.69 Å². The van der Waals surface area contributed by atoms with Gasteiger partial charge in [0.05, 0.1) is 12.9 Å². The number of amides is 1. The molecule has 0 fully saturated rings. The number of thioether (sulfide) groups is 1. The highest BCUT2D eigenvalue weighted by molar-refractivity contribution is 7.99. The smallest absolute Gasteiger partial charge is 0.234 e. The Kier molecular flexibility index (Phi) is 6.36. The average Bonchev–Trinajstić information content (AvgIpc) is 3.07. The van der Waals surface area contributed by atoms with E-state index in [0.717, 1.165) is 28.5 Å². The molecular formula is C21H24N4O2S. The number of carbonyl (C=O) groups excluding carboxylic acids is 1. The van der Waals surface area contributed by atoms with Gasteiger partial charge in [-0.15, -0.1) is 10.2 Å². The van der Waals surface area contributed by atoms with Crippen LogP contribution in [0.2, 0.25) is 0 Å². The van der Waals surface area contributed by atoms with E-state index < -0.39 is 0 Å². The van der Waals surface area contributed by atoms with Gasteiger partial charge in [0.2, 0.25) is 5.91 Å². The Hall–Kier alpha value is -2.80. The molecular weight excluding hydrogens is 372 g/mol. The quantitative estimate of drug-likeness (QED) is 0.598. The lowest BCUT2D eigenvalue weighted by Gasteiger charge is -2.13. The zero-order chi connectivity index (χ0) is 20.1. The standard InChI is InChI=1S/C21H24N4O2S/c1-14(2)18-7-5-6-8-19(18)22-20(26)13-28-21-24-23-15(3)25(21)16-9-11-17(27-4)12-10-16/h5-12,14H,13H2,1-4H3,(H,22,26). The van der Waals surface area contributed by atoms with Gasteiger partial charge in [0, 0.05) is 11.4 Å². The number of hydrogen-bond donors (Lipinski definition) is 1. The van der Waals surface area contributed by atoms with Crippen molar-refractivity contribution in [3.63, 3.8) is 0 Å². The van der Waals surface area contributed by atoms with Crippen molar-refractivity contribution in [1.29, 1.82) is 0 Å². The van der Waals surface area contributed by atoms with E-state index in [9.17, 15) is 4.79 Å². The van der Waals surface area contributed by atoms with Crippen LogP contribution < -0.4 is 10.1 Å². The topological polar surface area (TPSA) is 69.0 Å². The van der Waals surface area contributed by atoms with Gasteiger partial charge in [-0.05, 0) is 48.7 Å². The van der Waals surface area contributed by atoms with E-state index in [1.807, 2.05) is 60.0 Å². The molecule has 0 saturated carbocycles. The van der Waals surface area contributed by atoms with E-state index in [0.29, 0.717) is 11.1 Å². The van der Waals surface area contributed by atoms with Crippen molar-refractivity contribution in [2.45, 2.75) is 31.8 Å². The maximum Gasteiger partial charge on any atom is 0.234 e. The van der Waals surface area contributed by atoms with E-state index in [2.05, 4.69) is 29.4 Å². The van der Waals surface area contributed by atoms with Gasteiger partial charge in [0.1, 0.15) is 11.6 Å². The zero-order valence-electron chi connectivity index (χ0n) is 16.5. The second kappa shape index (κ2) is 8.93. The minimum atomic E-state index is -0.0694. The molecule has 7 heteroatoms. The van der Waals surface area contributed by atoms with Crippen LogP contribution in [0.1, 0.15) is 31.2 Å². The number of benzene rings is 2. The Morgan fingerprint density at radius 3 is 2.54 bits per heavy atom. The first kappa shape index (κ1) is 19.9. The van der Waals surface area contributed by atoms with Gasteiger partial charge in [-0.3, -0.25) is 9.36 Å². The van der Waals surface area contributed by atoms with E-state index >= 15 is 0 Å². The summed E-state index contributed by atoms with van der Waals surface area (Å²) < 4.78 is 7.14. The monoisotopic (exact) mass is 396 g/mol. The summed E-state index contributed by atoms with van der Waals surface area (Å²) >= 11 is 1.36. The fraction of sp³-hybridized carbons (Fsp3) is 0.286. The lowest BCUT2D eigenvalue weighted by Crippen LogP contribution is -2.16. The Morgan fingerprint density at radius 2 is 1.86 bits per heavy atom. The summed E-state index contributed by atoms with van der Waals surface area (Å²) in [5, 5.41) is 12.1. The highest BCUT2D eigenvalue weighted by atomic mass is 32.2. The summed E-state index contributed by atoms with van der Waals surface area (Å²) in [6.45, 7) is 6.11. The van der Waals surface area contributed by atoms with Crippen molar-refractivity contribution >= 4 is 23.4 Å². The van der Waals surface area contributed by atoms with Gasteiger partial charge in [0.25, 0.3) is 0 Å². The highest BCUT2D eigenvalue weighted by Crippen LogP contribution is 2.26. The third kappa shape index (κ3) is 4.54. The number of aryl methyl sites for hydroxylation is 1. The summed E-state index contributed by atoms with van der Waals surface area (Å²) in [5.41, 5.74) is 2.91. The molecule has 6 nitrogen and oxygen atoms in total. The number of hydrogen-bond acceptors (Lipinski definition) is 5. The molecule has 0 aliphatic rings. The number of aromatic nitrogens is 3. The molecule has 28 heavy (non-hydrogen) atoms. The van der Waals surface area contributed by atoms with Crippen LogP contribution in [0.3, 0.4) is 0 Å². The highest BCUT2D eigenvalue weighted by Gasteiger charge is 2.15. The van der Waals surface area contributed by atoms with Crippen LogP contribution in [0.25, 0.3) is 5.69 Å². The van der Waals surface area contributed by atoms with Crippen molar-refractivity contribution in [3.05, 3.63) is 59.9 Å². The molecule has 0 aliphatic carbocycles. The number of ether oxygens (including phenoxy) is 1. The number of anilines is 1. The van der Waals surface area contributed by atoms with Crippen molar-refractivity contribution in [3.8, 4) is 11.4 Å². The predicted molar refractivity (Wildman–Crippen MR) is 113 cm³/mol. The van der Waals surface area contributed by atoms with Crippen LogP contribution in [0.15, 0.2) is 53.7 Å². The van der Waals surface area contributed by atoms with E-state index in [4.69, 9.17) is 4.74 Å². The minimum absolute atomic E-state index is 0.0694. The summed E-state index contributed by atoms with van der Waals surface area (Å²) in [6, 6.07) is 15.5. The second-order valence-electron chi connectivity index (χ2n) is 6.64. The molecule has 0 spiro atoms. The Bertz CT molecular complexity index is 951. The summed E-state index contributed by atoms with van der Waals surface area (Å²) in [6.07, 6.45) is 0. The molecule has 0 radical (unpaired) electrons. The van der Waals surface area contributed by atoms with Crippen LogP contribution in [0, 0.1) is 6.92 Å². The maximum atomic E-state index is 12.5. The first-order valence-corrected chi connectivity index (χ1v) is 10.1. The summed E-state index contributed by atoms with van der Waals surface area (Å²) in [5.74, 6) is 2.07. The third-order valence-corrected chi connectivity index (χ3v) is 5.24. The first-order valence-electron chi connectivity index (χ1n) is 9.07. The number of nitrogens with zero attached hydrogens (tertiary/aromatic N) is 3.